The van der Waals surface area contributed by atoms with Crippen molar-refractivity contribution in [2.45, 2.75) is 18.4 Å². The topological polar surface area (TPSA) is 29.5 Å². The van der Waals surface area contributed by atoms with E-state index in [0.29, 0.717) is 0 Å². The van der Waals surface area contributed by atoms with Crippen molar-refractivity contribution in [3.8, 4) is 5.75 Å². The maximum atomic E-state index is 14.0. The molecule has 0 heterocycles. The van der Waals surface area contributed by atoms with Gasteiger partial charge >= 0.3 is 0 Å². The maximum Gasteiger partial charge on any atom is 0.135 e. The third-order valence-electron chi connectivity index (χ3n) is 4.06. The highest BCUT2D eigenvalue weighted by Gasteiger charge is 2.45. The Labute approximate surface area is 122 Å². The van der Waals surface area contributed by atoms with Crippen LogP contribution in [0.15, 0.2) is 42.5 Å². The van der Waals surface area contributed by atoms with Crippen LogP contribution >= 0.6 is 0 Å². The predicted octanol–water partition coefficient (Wildman–Crippen LogP) is 3.81. The zero-order chi connectivity index (χ0) is 15.0. The van der Waals surface area contributed by atoms with Gasteiger partial charge in [0.25, 0.3) is 0 Å². The molecule has 0 radical (unpaired) electrons. The summed E-state index contributed by atoms with van der Waals surface area (Å²) in [6.45, 7) is 0. The second-order valence-electron chi connectivity index (χ2n) is 5.37. The highest BCUT2D eigenvalue weighted by atomic mass is 19.1. The fraction of sp³-hybridized carbons (Fsp3) is 0.294. The fourth-order valence-corrected chi connectivity index (χ4v) is 2.82. The van der Waals surface area contributed by atoms with E-state index in [1.165, 1.54) is 7.11 Å². The van der Waals surface area contributed by atoms with E-state index in [0.717, 1.165) is 24.1 Å². The maximum absolute atomic E-state index is 14.0. The number of benzene rings is 2. The summed E-state index contributed by atoms with van der Waals surface area (Å²) < 4.78 is 32.8. The summed E-state index contributed by atoms with van der Waals surface area (Å²) in [5.74, 6) is -1.42. The number of aliphatic hydroxyl groups is 1. The number of hydrogen-bond donors (Lipinski definition) is 1. The molecule has 1 fully saturated rings. The van der Waals surface area contributed by atoms with Crippen LogP contribution in [0.5, 0.6) is 5.75 Å². The minimum atomic E-state index is -1.14. The van der Waals surface area contributed by atoms with E-state index in [4.69, 9.17) is 4.74 Å². The Morgan fingerprint density at radius 1 is 1.14 bits per heavy atom. The molecule has 1 aliphatic carbocycles. The summed E-state index contributed by atoms with van der Waals surface area (Å²) in [6.07, 6.45) is -0.406. The van der Waals surface area contributed by atoms with Crippen molar-refractivity contribution >= 4 is 0 Å². The fourth-order valence-electron chi connectivity index (χ4n) is 2.82. The second kappa shape index (κ2) is 5.45. The van der Waals surface area contributed by atoms with E-state index < -0.39 is 17.7 Å². The molecule has 0 bridgehead atoms. The Kier molecular flexibility index (Phi) is 3.64. The van der Waals surface area contributed by atoms with Gasteiger partial charge < -0.3 is 9.84 Å². The normalized spacial score (nSPS) is 21.9. The SMILES string of the molecule is COc1cc(F)c(C(O)C2CC2c2ccccc2)c(F)c1. The lowest BCUT2D eigenvalue weighted by Crippen LogP contribution is -2.08. The molecule has 3 unspecified atom stereocenters. The molecule has 0 amide bonds. The molecule has 110 valence electrons. The molecule has 2 nitrogen and oxygen atoms in total. The highest BCUT2D eigenvalue weighted by molar-refractivity contribution is 5.35. The van der Waals surface area contributed by atoms with Gasteiger partial charge in [0.2, 0.25) is 0 Å². The van der Waals surface area contributed by atoms with Crippen LogP contribution in [0.4, 0.5) is 8.78 Å². The summed E-state index contributed by atoms with van der Waals surface area (Å²) in [5.41, 5.74) is 0.829. The number of methoxy groups -OCH3 is 1. The van der Waals surface area contributed by atoms with E-state index in [-0.39, 0.29) is 23.1 Å². The molecule has 3 rings (SSSR count). The smallest absolute Gasteiger partial charge is 0.135 e. The first-order valence-corrected chi connectivity index (χ1v) is 6.87. The van der Waals surface area contributed by atoms with Gasteiger partial charge in [0.05, 0.1) is 18.8 Å². The van der Waals surface area contributed by atoms with Crippen molar-refractivity contribution in [1.29, 1.82) is 0 Å². The van der Waals surface area contributed by atoms with E-state index in [1.807, 2.05) is 30.3 Å². The Morgan fingerprint density at radius 3 is 2.33 bits per heavy atom. The van der Waals surface area contributed by atoms with Crippen LogP contribution in [-0.2, 0) is 0 Å². The first kappa shape index (κ1) is 14.0. The largest absolute Gasteiger partial charge is 0.497 e. The standard InChI is InChI=1S/C17H16F2O2/c1-21-11-7-14(18)16(15(19)8-11)17(20)13-9-12(13)10-5-3-2-4-6-10/h2-8,12-13,17,20H,9H2,1H3. The Morgan fingerprint density at radius 2 is 1.76 bits per heavy atom. The molecule has 1 N–H and O–H groups in total. The van der Waals surface area contributed by atoms with E-state index in [2.05, 4.69) is 0 Å². The van der Waals surface area contributed by atoms with Crippen molar-refractivity contribution in [3.05, 3.63) is 65.2 Å². The summed E-state index contributed by atoms with van der Waals surface area (Å²) in [6, 6.07) is 11.9. The molecule has 4 heteroatoms. The van der Waals surface area contributed by atoms with Gasteiger partial charge in [0.15, 0.2) is 0 Å². The van der Waals surface area contributed by atoms with Crippen molar-refractivity contribution in [1.82, 2.24) is 0 Å². The van der Waals surface area contributed by atoms with Gasteiger partial charge in [-0.05, 0) is 23.8 Å². The quantitative estimate of drug-likeness (QED) is 0.927. The zero-order valence-corrected chi connectivity index (χ0v) is 11.6. The number of halogens is 2. The van der Waals surface area contributed by atoms with Gasteiger partial charge in [-0.3, -0.25) is 0 Å². The average molecular weight is 290 g/mol. The molecule has 0 spiro atoms. The third kappa shape index (κ3) is 2.63. The molecular weight excluding hydrogens is 274 g/mol. The first-order chi connectivity index (χ1) is 10.1. The zero-order valence-electron chi connectivity index (χ0n) is 11.6. The molecule has 0 saturated heterocycles. The van der Waals surface area contributed by atoms with Gasteiger partial charge in [-0.2, -0.15) is 0 Å². The molecule has 1 saturated carbocycles. The summed E-state index contributed by atoms with van der Waals surface area (Å²) in [7, 11) is 1.34. The van der Waals surface area contributed by atoms with Gasteiger partial charge in [-0.15, -0.1) is 0 Å². The number of aliphatic hydroxyl groups excluding tert-OH is 1. The summed E-state index contributed by atoms with van der Waals surface area (Å²) in [5, 5.41) is 10.3. The predicted molar refractivity (Wildman–Crippen MR) is 75.2 cm³/mol. The average Bonchev–Trinajstić information content (AvgIpc) is 3.27. The molecule has 1 aliphatic rings. The van der Waals surface area contributed by atoms with Crippen LogP contribution in [0.1, 0.15) is 29.6 Å². The lowest BCUT2D eigenvalue weighted by atomic mass is 10.00. The molecule has 21 heavy (non-hydrogen) atoms. The van der Waals surface area contributed by atoms with Gasteiger partial charge in [-0.25, -0.2) is 8.78 Å². The first-order valence-electron chi connectivity index (χ1n) is 6.87. The van der Waals surface area contributed by atoms with Gasteiger partial charge in [0.1, 0.15) is 17.4 Å². The number of rotatable bonds is 4. The molecule has 3 atom stereocenters. The lowest BCUT2D eigenvalue weighted by molar-refractivity contribution is 0.141. The van der Waals surface area contributed by atoms with Crippen LogP contribution in [0.2, 0.25) is 0 Å². The molecule has 0 aliphatic heterocycles. The van der Waals surface area contributed by atoms with Crippen LogP contribution < -0.4 is 4.74 Å². The molecule has 2 aromatic rings. The van der Waals surface area contributed by atoms with Gasteiger partial charge in [0, 0.05) is 12.1 Å². The second-order valence-corrected chi connectivity index (χ2v) is 5.37. The molecule has 2 aromatic carbocycles. The highest BCUT2D eigenvalue weighted by Crippen LogP contribution is 2.54. The monoisotopic (exact) mass is 290 g/mol. The Balaban J connectivity index is 1.83. The minimum absolute atomic E-state index is 0.108. The third-order valence-corrected chi connectivity index (χ3v) is 4.06. The number of hydrogen-bond acceptors (Lipinski definition) is 2. The lowest BCUT2D eigenvalue weighted by Gasteiger charge is -2.14. The van der Waals surface area contributed by atoms with Crippen molar-refractivity contribution in [3.63, 3.8) is 0 Å². The van der Waals surface area contributed by atoms with Crippen molar-refractivity contribution in [2.24, 2.45) is 5.92 Å². The van der Waals surface area contributed by atoms with E-state index in [1.54, 1.807) is 0 Å². The molecular formula is C17H16F2O2. The van der Waals surface area contributed by atoms with Crippen LogP contribution in [0.3, 0.4) is 0 Å². The van der Waals surface area contributed by atoms with E-state index >= 15 is 0 Å². The van der Waals surface area contributed by atoms with Crippen LogP contribution in [-0.4, -0.2) is 12.2 Å². The minimum Gasteiger partial charge on any atom is -0.497 e. The molecule has 0 aromatic heterocycles. The van der Waals surface area contributed by atoms with E-state index in [9.17, 15) is 13.9 Å². The Bertz CT molecular complexity index is 619. The summed E-state index contributed by atoms with van der Waals surface area (Å²) >= 11 is 0. The van der Waals surface area contributed by atoms with Gasteiger partial charge in [-0.1, -0.05) is 30.3 Å². The number of ether oxygens (including phenoxy) is 1. The summed E-state index contributed by atoms with van der Waals surface area (Å²) in [4.78, 5) is 0. The van der Waals surface area contributed by atoms with Crippen molar-refractivity contribution in [2.75, 3.05) is 7.11 Å². The Hall–Kier alpha value is -1.94. The van der Waals surface area contributed by atoms with Crippen LogP contribution in [0.25, 0.3) is 0 Å². The van der Waals surface area contributed by atoms with Crippen LogP contribution in [0, 0.1) is 17.6 Å². The van der Waals surface area contributed by atoms with Crippen molar-refractivity contribution < 1.29 is 18.6 Å².